The summed E-state index contributed by atoms with van der Waals surface area (Å²) < 4.78 is 5.48. The Morgan fingerprint density at radius 1 is 1.04 bits per heavy atom. The summed E-state index contributed by atoms with van der Waals surface area (Å²) in [6.07, 6.45) is 2.42. The van der Waals surface area contributed by atoms with Crippen LogP contribution in [-0.4, -0.2) is 47.1 Å². The molecule has 0 aliphatic carbocycles. The molecule has 0 atom stereocenters. The molecule has 6 heteroatoms. The average Bonchev–Trinajstić information content (AvgIpc) is 2.94. The Morgan fingerprint density at radius 2 is 1.89 bits per heavy atom. The molecule has 0 radical (unpaired) electrons. The van der Waals surface area contributed by atoms with Gasteiger partial charge in [0.25, 0.3) is 0 Å². The van der Waals surface area contributed by atoms with Gasteiger partial charge in [0.1, 0.15) is 5.75 Å². The molecular formula is C22H22ClN3O2. The zero-order chi connectivity index (χ0) is 19.3. The number of fused-ring (bicyclic) bond motifs is 1. The van der Waals surface area contributed by atoms with Crippen LogP contribution in [0.2, 0.25) is 5.02 Å². The fraction of sp³-hybridized carbons (Fsp3) is 0.273. The van der Waals surface area contributed by atoms with E-state index in [0.717, 1.165) is 47.5 Å². The van der Waals surface area contributed by atoms with Gasteiger partial charge in [-0.15, -0.1) is 0 Å². The van der Waals surface area contributed by atoms with Gasteiger partial charge in [0.15, 0.2) is 0 Å². The summed E-state index contributed by atoms with van der Waals surface area (Å²) in [4.78, 5) is 21.1. The van der Waals surface area contributed by atoms with Crippen molar-refractivity contribution in [2.24, 2.45) is 0 Å². The van der Waals surface area contributed by atoms with Crippen molar-refractivity contribution in [1.82, 2.24) is 14.8 Å². The van der Waals surface area contributed by atoms with E-state index in [-0.39, 0.29) is 6.09 Å². The number of aromatic nitrogens is 1. The lowest BCUT2D eigenvalue weighted by molar-refractivity contribution is 0.153. The Morgan fingerprint density at radius 3 is 2.75 bits per heavy atom. The van der Waals surface area contributed by atoms with Crippen LogP contribution < -0.4 is 4.74 Å². The normalized spacial score (nSPS) is 15.4. The van der Waals surface area contributed by atoms with Gasteiger partial charge in [-0.3, -0.25) is 9.88 Å². The van der Waals surface area contributed by atoms with Gasteiger partial charge in [-0.2, -0.15) is 0 Å². The number of benzene rings is 2. The van der Waals surface area contributed by atoms with Gasteiger partial charge in [-0.25, -0.2) is 4.79 Å². The Hall–Kier alpha value is -2.63. The first-order valence-electron chi connectivity index (χ1n) is 9.46. The average molecular weight is 396 g/mol. The maximum Gasteiger partial charge on any atom is 0.415 e. The first kappa shape index (κ1) is 18.7. The van der Waals surface area contributed by atoms with Crippen LogP contribution in [0.25, 0.3) is 10.9 Å². The predicted octanol–water partition coefficient (Wildman–Crippen LogP) is 4.59. The van der Waals surface area contributed by atoms with Gasteiger partial charge in [-0.05, 0) is 42.3 Å². The van der Waals surface area contributed by atoms with Gasteiger partial charge in [0.2, 0.25) is 0 Å². The fourth-order valence-electron chi connectivity index (χ4n) is 3.55. The summed E-state index contributed by atoms with van der Waals surface area (Å²) in [5.74, 6) is 0.574. The summed E-state index contributed by atoms with van der Waals surface area (Å²) in [5.41, 5.74) is 2.10. The summed E-state index contributed by atoms with van der Waals surface area (Å²) >= 11 is 6.30. The number of nitrogens with zero attached hydrogens (tertiary/aromatic N) is 3. The third kappa shape index (κ3) is 4.43. The van der Waals surface area contributed by atoms with Crippen molar-refractivity contribution in [2.45, 2.75) is 13.0 Å². The van der Waals surface area contributed by atoms with Crippen LogP contribution in [0.4, 0.5) is 4.79 Å². The number of carbonyl (C=O) groups excluding carboxylic acids is 1. The fourth-order valence-corrected chi connectivity index (χ4v) is 3.80. The summed E-state index contributed by atoms with van der Waals surface area (Å²) in [7, 11) is 0. The first-order chi connectivity index (χ1) is 13.7. The number of hydrogen-bond donors (Lipinski definition) is 0. The minimum atomic E-state index is -0.289. The molecule has 1 aliphatic rings. The molecule has 0 spiro atoms. The van der Waals surface area contributed by atoms with Gasteiger partial charge in [0.05, 0.1) is 5.52 Å². The van der Waals surface area contributed by atoms with Crippen LogP contribution >= 0.6 is 11.6 Å². The minimum Gasteiger partial charge on any atom is -0.410 e. The van der Waals surface area contributed by atoms with Gasteiger partial charge in [0, 0.05) is 49.3 Å². The lowest BCUT2D eigenvalue weighted by Gasteiger charge is -2.22. The molecule has 1 fully saturated rings. The number of ether oxygens (including phenoxy) is 1. The highest BCUT2D eigenvalue weighted by atomic mass is 35.5. The van der Waals surface area contributed by atoms with E-state index in [0.29, 0.717) is 18.8 Å². The van der Waals surface area contributed by atoms with Crippen LogP contribution in [0.5, 0.6) is 5.75 Å². The molecular weight excluding hydrogens is 374 g/mol. The molecule has 3 aromatic rings. The molecule has 144 valence electrons. The van der Waals surface area contributed by atoms with Gasteiger partial charge in [-0.1, -0.05) is 35.9 Å². The molecule has 1 aliphatic heterocycles. The molecule has 1 aromatic heterocycles. The third-order valence-electron chi connectivity index (χ3n) is 4.94. The summed E-state index contributed by atoms with van der Waals surface area (Å²) in [6, 6.07) is 17.1. The molecule has 2 aromatic carbocycles. The second kappa shape index (κ2) is 8.59. The van der Waals surface area contributed by atoms with E-state index in [1.54, 1.807) is 17.0 Å². The third-order valence-corrected chi connectivity index (χ3v) is 5.16. The Bertz CT molecular complexity index is 964. The van der Waals surface area contributed by atoms with Crippen molar-refractivity contribution < 1.29 is 9.53 Å². The Balaban J connectivity index is 1.41. The van der Waals surface area contributed by atoms with Crippen LogP contribution in [0.3, 0.4) is 0 Å². The van der Waals surface area contributed by atoms with E-state index in [9.17, 15) is 4.79 Å². The lowest BCUT2D eigenvalue weighted by atomic mass is 10.1. The van der Waals surface area contributed by atoms with E-state index in [1.165, 1.54) is 0 Å². The molecule has 2 heterocycles. The zero-order valence-electron chi connectivity index (χ0n) is 15.6. The molecule has 4 rings (SSSR count). The van der Waals surface area contributed by atoms with Crippen molar-refractivity contribution in [2.75, 3.05) is 26.2 Å². The molecule has 5 nitrogen and oxygen atoms in total. The molecule has 1 saturated heterocycles. The minimum absolute atomic E-state index is 0.289. The van der Waals surface area contributed by atoms with Crippen LogP contribution in [-0.2, 0) is 6.54 Å². The first-order valence-corrected chi connectivity index (χ1v) is 9.84. The summed E-state index contributed by atoms with van der Waals surface area (Å²) in [5, 5.41) is 1.77. The van der Waals surface area contributed by atoms with Crippen molar-refractivity contribution >= 4 is 28.6 Å². The predicted molar refractivity (Wildman–Crippen MR) is 111 cm³/mol. The number of carbonyl (C=O) groups is 1. The zero-order valence-corrected chi connectivity index (χ0v) is 16.3. The number of halogens is 1. The molecule has 0 saturated carbocycles. The number of para-hydroxylation sites is 1. The smallest absolute Gasteiger partial charge is 0.410 e. The Labute approximate surface area is 169 Å². The second-order valence-corrected chi connectivity index (χ2v) is 7.37. The number of amides is 1. The second-order valence-electron chi connectivity index (χ2n) is 6.94. The van der Waals surface area contributed by atoms with E-state index < -0.39 is 0 Å². The van der Waals surface area contributed by atoms with E-state index in [1.807, 2.05) is 48.7 Å². The highest BCUT2D eigenvalue weighted by molar-refractivity contribution is 6.31. The van der Waals surface area contributed by atoms with Gasteiger partial charge < -0.3 is 9.64 Å². The highest BCUT2D eigenvalue weighted by Gasteiger charge is 2.21. The SMILES string of the molecule is O=C(Oc1ccccc1)N1CCCN(Cc2cc(Cl)cc3cccnc23)CC1. The number of rotatable bonds is 3. The van der Waals surface area contributed by atoms with Gasteiger partial charge >= 0.3 is 6.09 Å². The van der Waals surface area contributed by atoms with E-state index >= 15 is 0 Å². The largest absolute Gasteiger partial charge is 0.415 e. The van der Waals surface area contributed by atoms with Crippen molar-refractivity contribution in [3.05, 3.63) is 71.4 Å². The molecule has 0 unspecified atom stereocenters. The number of pyridine rings is 1. The lowest BCUT2D eigenvalue weighted by Crippen LogP contribution is -2.37. The maximum atomic E-state index is 12.5. The van der Waals surface area contributed by atoms with Crippen LogP contribution in [0.15, 0.2) is 60.8 Å². The number of hydrogen-bond acceptors (Lipinski definition) is 4. The topological polar surface area (TPSA) is 45.7 Å². The van der Waals surface area contributed by atoms with Crippen LogP contribution in [0, 0.1) is 0 Å². The molecule has 1 amide bonds. The molecule has 28 heavy (non-hydrogen) atoms. The van der Waals surface area contributed by atoms with Crippen molar-refractivity contribution in [3.63, 3.8) is 0 Å². The monoisotopic (exact) mass is 395 g/mol. The quantitative estimate of drug-likeness (QED) is 0.650. The van der Waals surface area contributed by atoms with Crippen molar-refractivity contribution in [3.8, 4) is 5.75 Å². The molecule has 0 bridgehead atoms. The van der Waals surface area contributed by atoms with E-state index in [4.69, 9.17) is 16.3 Å². The molecule has 0 N–H and O–H groups in total. The van der Waals surface area contributed by atoms with Crippen LogP contribution in [0.1, 0.15) is 12.0 Å². The maximum absolute atomic E-state index is 12.5. The highest BCUT2D eigenvalue weighted by Crippen LogP contribution is 2.24. The Kier molecular flexibility index (Phi) is 5.74. The van der Waals surface area contributed by atoms with E-state index in [2.05, 4.69) is 9.88 Å². The summed E-state index contributed by atoms with van der Waals surface area (Å²) in [6.45, 7) is 3.78. The van der Waals surface area contributed by atoms with Crippen molar-refractivity contribution in [1.29, 1.82) is 0 Å². The standard InChI is InChI=1S/C22H22ClN3O2/c23-19-14-17-6-4-9-24-21(17)18(15-19)16-25-10-5-11-26(13-12-25)22(27)28-20-7-2-1-3-8-20/h1-4,6-9,14-15H,5,10-13,16H2.